The van der Waals surface area contributed by atoms with E-state index in [4.69, 9.17) is 4.74 Å². The molecule has 0 aliphatic heterocycles. The Kier molecular flexibility index (Phi) is 9.11. The van der Waals surface area contributed by atoms with Crippen molar-refractivity contribution in [3.63, 3.8) is 0 Å². The summed E-state index contributed by atoms with van der Waals surface area (Å²) in [7, 11) is 0. The maximum Gasteiger partial charge on any atom is 0.119 e. The highest BCUT2D eigenvalue weighted by molar-refractivity contribution is 5.29. The van der Waals surface area contributed by atoms with E-state index in [0.717, 1.165) is 45.1 Å². The number of likely N-dealkylation sites (N-methyl/N-ethyl adjacent to an activating group) is 1. The predicted octanol–water partition coefficient (Wildman–Crippen LogP) is 3.51. The Morgan fingerprint density at radius 2 is 1.71 bits per heavy atom. The molecule has 0 fully saturated rings. The molecule has 0 amide bonds. The van der Waals surface area contributed by atoms with Gasteiger partial charge in [0.2, 0.25) is 0 Å². The molecule has 1 atom stereocenters. The summed E-state index contributed by atoms with van der Waals surface area (Å²) in [5, 5.41) is 3.43. The minimum Gasteiger partial charge on any atom is -0.492 e. The molecular formula is C18H32N2O. The van der Waals surface area contributed by atoms with E-state index < -0.39 is 0 Å². The fraction of sp³-hybridized carbons (Fsp3) is 0.667. The monoisotopic (exact) mass is 292 g/mol. The van der Waals surface area contributed by atoms with Crippen LogP contribution in [0.2, 0.25) is 0 Å². The van der Waals surface area contributed by atoms with E-state index in [1.807, 2.05) is 0 Å². The Balaban J connectivity index is 2.15. The molecule has 21 heavy (non-hydrogen) atoms. The average Bonchev–Trinajstić information content (AvgIpc) is 2.54. The van der Waals surface area contributed by atoms with Crippen LogP contribution in [0.4, 0.5) is 0 Å². The highest BCUT2D eigenvalue weighted by Crippen LogP contribution is 2.21. The average molecular weight is 292 g/mol. The van der Waals surface area contributed by atoms with Crippen LogP contribution in [0.25, 0.3) is 0 Å². The normalized spacial score (nSPS) is 12.6. The van der Waals surface area contributed by atoms with Gasteiger partial charge in [-0.15, -0.1) is 0 Å². The molecule has 1 N–H and O–H groups in total. The number of hydrogen-bond donors (Lipinski definition) is 1. The number of nitrogens with one attached hydrogen (secondary N) is 1. The van der Waals surface area contributed by atoms with Gasteiger partial charge >= 0.3 is 0 Å². The van der Waals surface area contributed by atoms with Gasteiger partial charge in [0.05, 0.1) is 0 Å². The van der Waals surface area contributed by atoms with Gasteiger partial charge in [-0.3, -0.25) is 0 Å². The Hall–Kier alpha value is -1.06. The summed E-state index contributed by atoms with van der Waals surface area (Å²) < 4.78 is 5.76. The van der Waals surface area contributed by atoms with Gasteiger partial charge in [0.25, 0.3) is 0 Å². The molecule has 0 saturated carbocycles. The number of ether oxygens (including phenoxy) is 1. The third-order valence-electron chi connectivity index (χ3n) is 4.11. The van der Waals surface area contributed by atoms with Crippen molar-refractivity contribution >= 4 is 0 Å². The van der Waals surface area contributed by atoms with Crippen LogP contribution in [0.1, 0.15) is 45.6 Å². The van der Waals surface area contributed by atoms with Crippen molar-refractivity contribution in [1.29, 1.82) is 0 Å². The Morgan fingerprint density at radius 1 is 1.05 bits per heavy atom. The molecule has 3 nitrogen and oxygen atoms in total. The summed E-state index contributed by atoms with van der Waals surface area (Å²) in [6.45, 7) is 14.9. The van der Waals surface area contributed by atoms with Crippen molar-refractivity contribution in [3.05, 3.63) is 29.8 Å². The summed E-state index contributed by atoms with van der Waals surface area (Å²) in [6.07, 6.45) is 1.18. The lowest BCUT2D eigenvalue weighted by Crippen LogP contribution is -2.33. The van der Waals surface area contributed by atoms with Crippen molar-refractivity contribution < 1.29 is 4.74 Å². The molecule has 120 valence electrons. The molecule has 0 heterocycles. The summed E-state index contributed by atoms with van der Waals surface area (Å²) in [5.74, 6) is 1.59. The molecule has 0 aliphatic rings. The van der Waals surface area contributed by atoms with Crippen LogP contribution in [0.5, 0.6) is 5.75 Å². The zero-order valence-corrected chi connectivity index (χ0v) is 14.2. The topological polar surface area (TPSA) is 24.5 Å². The summed E-state index contributed by atoms with van der Waals surface area (Å²) in [4.78, 5) is 2.42. The SMILES string of the molecule is CCC(C)c1ccc(OCCNCCN(CC)CC)cc1. The fourth-order valence-corrected chi connectivity index (χ4v) is 2.27. The maximum absolute atomic E-state index is 5.76. The smallest absolute Gasteiger partial charge is 0.119 e. The standard InChI is InChI=1S/C18H32N2O/c1-5-16(4)17-8-10-18(11-9-17)21-15-13-19-12-14-20(6-2)7-3/h8-11,16,19H,5-7,12-15H2,1-4H3. The van der Waals surface area contributed by atoms with E-state index in [1.54, 1.807) is 0 Å². The van der Waals surface area contributed by atoms with Gasteiger partial charge in [0, 0.05) is 19.6 Å². The predicted molar refractivity (Wildman–Crippen MR) is 91.3 cm³/mol. The summed E-state index contributed by atoms with van der Waals surface area (Å²) in [5.41, 5.74) is 1.39. The van der Waals surface area contributed by atoms with Crippen LogP contribution >= 0.6 is 0 Å². The van der Waals surface area contributed by atoms with Crippen LogP contribution < -0.4 is 10.1 Å². The first-order chi connectivity index (χ1) is 10.2. The van der Waals surface area contributed by atoms with E-state index in [2.05, 4.69) is 62.2 Å². The summed E-state index contributed by atoms with van der Waals surface area (Å²) in [6, 6.07) is 8.52. The van der Waals surface area contributed by atoms with E-state index in [1.165, 1.54) is 12.0 Å². The Labute approximate surface area is 130 Å². The maximum atomic E-state index is 5.76. The van der Waals surface area contributed by atoms with Crippen molar-refractivity contribution in [2.24, 2.45) is 0 Å². The molecule has 3 heteroatoms. The van der Waals surface area contributed by atoms with Gasteiger partial charge < -0.3 is 15.0 Å². The second-order valence-electron chi connectivity index (χ2n) is 5.50. The van der Waals surface area contributed by atoms with Crippen LogP contribution in [0, 0.1) is 0 Å². The third-order valence-corrected chi connectivity index (χ3v) is 4.11. The quantitative estimate of drug-likeness (QED) is 0.632. The fourth-order valence-electron chi connectivity index (χ4n) is 2.27. The second-order valence-corrected chi connectivity index (χ2v) is 5.50. The van der Waals surface area contributed by atoms with Gasteiger partial charge in [-0.1, -0.05) is 39.8 Å². The highest BCUT2D eigenvalue weighted by Gasteiger charge is 2.02. The molecule has 1 unspecified atom stereocenters. The van der Waals surface area contributed by atoms with Crippen LogP contribution in [0.3, 0.4) is 0 Å². The van der Waals surface area contributed by atoms with Gasteiger partial charge in [0.15, 0.2) is 0 Å². The molecule has 1 aromatic rings. The largest absolute Gasteiger partial charge is 0.492 e. The molecular weight excluding hydrogens is 260 g/mol. The van der Waals surface area contributed by atoms with E-state index in [0.29, 0.717) is 5.92 Å². The number of benzene rings is 1. The zero-order valence-electron chi connectivity index (χ0n) is 14.2. The lowest BCUT2D eigenvalue weighted by atomic mass is 9.99. The first kappa shape index (κ1) is 18.0. The van der Waals surface area contributed by atoms with Crippen molar-refractivity contribution in [2.45, 2.75) is 40.0 Å². The molecule has 0 spiro atoms. The summed E-state index contributed by atoms with van der Waals surface area (Å²) >= 11 is 0. The lowest BCUT2D eigenvalue weighted by Gasteiger charge is -2.18. The van der Waals surface area contributed by atoms with Crippen LogP contribution in [-0.4, -0.2) is 44.2 Å². The van der Waals surface area contributed by atoms with E-state index >= 15 is 0 Å². The Morgan fingerprint density at radius 3 is 2.29 bits per heavy atom. The molecule has 1 rings (SSSR count). The zero-order chi connectivity index (χ0) is 15.5. The number of nitrogens with zero attached hydrogens (tertiary/aromatic N) is 1. The van der Waals surface area contributed by atoms with E-state index in [-0.39, 0.29) is 0 Å². The molecule has 0 aliphatic carbocycles. The van der Waals surface area contributed by atoms with Gasteiger partial charge in [-0.25, -0.2) is 0 Å². The number of rotatable bonds is 11. The first-order valence-corrected chi connectivity index (χ1v) is 8.37. The van der Waals surface area contributed by atoms with Crippen LogP contribution in [-0.2, 0) is 0 Å². The van der Waals surface area contributed by atoms with Crippen molar-refractivity contribution in [1.82, 2.24) is 10.2 Å². The van der Waals surface area contributed by atoms with Gasteiger partial charge in [0.1, 0.15) is 12.4 Å². The third kappa shape index (κ3) is 6.96. The first-order valence-electron chi connectivity index (χ1n) is 8.37. The van der Waals surface area contributed by atoms with Crippen molar-refractivity contribution in [2.75, 3.05) is 39.3 Å². The lowest BCUT2D eigenvalue weighted by molar-refractivity contribution is 0.285. The van der Waals surface area contributed by atoms with Crippen molar-refractivity contribution in [3.8, 4) is 5.75 Å². The molecule has 0 aromatic heterocycles. The highest BCUT2D eigenvalue weighted by atomic mass is 16.5. The minimum atomic E-state index is 0.626. The second kappa shape index (κ2) is 10.6. The van der Waals surface area contributed by atoms with Gasteiger partial charge in [-0.2, -0.15) is 0 Å². The molecule has 1 aromatic carbocycles. The molecule has 0 radical (unpaired) electrons. The molecule has 0 saturated heterocycles. The number of hydrogen-bond acceptors (Lipinski definition) is 3. The molecule has 0 bridgehead atoms. The van der Waals surface area contributed by atoms with E-state index in [9.17, 15) is 0 Å². The Bertz CT molecular complexity index is 360. The minimum absolute atomic E-state index is 0.626. The van der Waals surface area contributed by atoms with Gasteiger partial charge in [-0.05, 0) is 43.1 Å². The van der Waals surface area contributed by atoms with Crippen LogP contribution in [0.15, 0.2) is 24.3 Å².